The van der Waals surface area contributed by atoms with E-state index in [-0.39, 0.29) is 16.6 Å². The van der Waals surface area contributed by atoms with Crippen molar-refractivity contribution in [3.05, 3.63) is 100 Å². The summed E-state index contributed by atoms with van der Waals surface area (Å²) in [6.45, 7) is 2.26. The third-order valence-corrected chi connectivity index (χ3v) is 5.67. The van der Waals surface area contributed by atoms with Gasteiger partial charge in [0, 0.05) is 17.8 Å². The molecular weight excluding hydrogens is 454 g/mol. The minimum absolute atomic E-state index is 0.0449. The average Bonchev–Trinajstić information content (AvgIpc) is 3.06. The Morgan fingerprint density at radius 1 is 0.971 bits per heavy atom. The fourth-order valence-electron chi connectivity index (χ4n) is 3.53. The zero-order valence-electron chi connectivity index (χ0n) is 18.6. The summed E-state index contributed by atoms with van der Waals surface area (Å²) < 4.78 is 5.32. The summed E-state index contributed by atoms with van der Waals surface area (Å²) in [5.74, 6) is -1.08. The molecule has 0 atom stereocenters. The molecule has 0 radical (unpaired) electrons. The van der Waals surface area contributed by atoms with E-state index >= 15 is 0 Å². The summed E-state index contributed by atoms with van der Waals surface area (Å²) in [4.78, 5) is 39.3. The van der Waals surface area contributed by atoms with Crippen molar-refractivity contribution in [3.8, 4) is 5.75 Å². The number of hydrogen-bond donors (Lipinski definition) is 2. The predicted molar refractivity (Wildman–Crippen MR) is 131 cm³/mol. The number of hydrogen-bond acceptors (Lipinski definition) is 5. The van der Waals surface area contributed by atoms with Gasteiger partial charge in [0.25, 0.3) is 17.7 Å². The Balaban J connectivity index is 1.47. The summed E-state index contributed by atoms with van der Waals surface area (Å²) in [5.41, 5.74) is 3.09. The molecule has 0 saturated heterocycles. The lowest BCUT2D eigenvalue weighted by Gasteiger charge is -2.18. The van der Waals surface area contributed by atoms with Crippen LogP contribution in [0.5, 0.6) is 5.75 Å². The standard InChI is InChI=1S/C26H22ClN3O4/c1-16-8-13-21(34-2)20(14-16)30-25(32)22(27)23(26(30)33)29-19-11-9-18(10-12-19)24(31)28-15-17-6-4-3-5-7-17/h3-14,29H,15H2,1-2H3,(H,28,31). The number of ether oxygens (including phenoxy) is 1. The van der Waals surface area contributed by atoms with Crippen LogP contribution in [0.3, 0.4) is 0 Å². The molecule has 34 heavy (non-hydrogen) atoms. The highest BCUT2D eigenvalue weighted by atomic mass is 35.5. The zero-order valence-corrected chi connectivity index (χ0v) is 19.3. The Labute approximate surface area is 202 Å². The summed E-state index contributed by atoms with van der Waals surface area (Å²) >= 11 is 6.23. The Hall–Kier alpha value is -4.10. The lowest BCUT2D eigenvalue weighted by atomic mass is 10.1. The van der Waals surface area contributed by atoms with Crippen molar-refractivity contribution in [2.45, 2.75) is 13.5 Å². The maximum Gasteiger partial charge on any atom is 0.283 e. The van der Waals surface area contributed by atoms with E-state index in [1.807, 2.05) is 43.3 Å². The van der Waals surface area contributed by atoms with Gasteiger partial charge in [0.2, 0.25) is 0 Å². The number of carbonyl (C=O) groups excluding carboxylic acids is 3. The molecule has 0 spiro atoms. The Morgan fingerprint density at radius 3 is 2.35 bits per heavy atom. The van der Waals surface area contributed by atoms with Crippen LogP contribution in [0.1, 0.15) is 21.5 Å². The van der Waals surface area contributed by atoms with Gasteiger partial charge in [-0.1, -0.05) is 48.0 Å². The number of nitrogens with one attached hydrogen (secondary N) is 2. The second-order valence-electron chi connectivity index (χ2n) is 7.68. The molecule has 1 aliphatic heterocycles. The lowest BCUT2D eigenvalue weighted by molar-refractivity contribution is -0.120. The zero-order chi connectivity index (χ0) is 24.2. The fraction of sp³-hybridized carbons (Fsp3) is 0.115. The maximum atomic E-state index is 13.1. The van der Waals surface area contributed by atoms with Crippen LogP contribution < -0.4 is 20.3 Å². The SMILES string of the molecule is COc1ccc(C)cc1N1C(=O)C(Cl)=C(Nc2ccc(C(=O)NCc3ccccc3)cc2)C1=O. The van der Waals surface area contributed by atoms with Gasteiger partial charge in [0.1, 0.15) is 16.5 Å². The molecule has 0 fully saturated rings. The van der Waals surface area contributed by atoms with E-state index in [1.165, 1.54) is 7.11 Å². The number of benzene rings is 3. The van der Waals surface area contributed by atoms with Gasteiger partial charge < -0.3 is 15.4 Å². The van der Waals surface area contributed by atoms with Crippen LogP contribution in [0, 0.1) is 6.92 Å². The summed E-state index contributed by atoms with van der Waals surface area (Å²) in [7, 11) is 1.46. The average molecular weight is 476 g/mol. The molecule has 0 aliphatic carbocycles. The van der Waals surface area contributed by atoms with E-state index < -0.39 is 11.8 Å². The number of carbonyl (C=O) groups is 3. The van der Waals surface area contributed by atoms with Gasteiger partial charge in [-0.2, -0.15) is 0 Å². The van der Waals surface area contributed by atoms with Crippen molar-refractivity contribution in [2.75, 3.05) is 17.3 Å². The molecule has 0 saturated carbocycles. The Bertz CT molecular complexity index is 1290. The lowest BCUT2D eigenvalue weighted by Crippen LogP contribution is -2.32. The molecule has 2 N–H and O–H groups in total. The van der Waals surface area contributed by atoms with Crippen LogP contribution in [0.25, 0.3) is 0 Å². The molecule has 3 aromatic carbocycles. The maximum absolute atomic E-state index is 13.1. The molecule has 0 aromatic heterocycles. The number of rotatable bonds is 7. The van der Waals surface area contributed by atoms with E-state index in [1.54, 1.807) is 36.4 Å². The van der Waals surface area contributed by atoms with Crippen molar-refractivity contribution >= 4 is 40.7 Å². The fourth-order valence-corrected chi connectivity index (χ4v) is 3.75. The van der Waals surface area contributed by atoms with Crippen LogP contribution in [0.15, 0.2) is 83.5 Å². The van der Waals surface area contributed by atoms with Crippen LogP contribution in [0.2, 0.25) is 0 Å². The van der Waals surface area contributed by atoms with Crippen LogP contribution in [0.4, 0.5) is 11.4 Å². The Kier molecular flexibility index (Phi) is 6.65. The van der Waals surface area contributed by atoms with E-state index in [2.05, 4.69) is 10.6 Å². The summed E-state index contributed by atoms with van der Waals surface area (Å²) in [6, 6.07) is 21.3. The second-order valence-corrected chi connectivity index (χ2v) is 8.06. The third kappa shape index (κ3) is 4.65. The molecule has 8 heteroatoms. The number of imide groups is 1. The molecule has 0 unspecified atom stereocenters. The molecule has 3 amide bonds. The summed E-state index contributed by atoms with van der Waals surface area (Å²) in [6.07, 6.45) is 0. The van der Waals surface area contributed by atoms with Crippen molar-refractivity contribution in [3.63, 3.8) is 0 Å². The molecule has 1 heterocycles. The van der Waals surface area contributed by atoms with Crippen molar-refractivity contribution in [1.29, 1.82) is 0 Å². The van der Waals surface area contributed by atoms with Gasteiger partial charge in [-0.15, -0.1) is 0 Å². The second kappa shape index (κ2) is 9.80. The molecule has 3 aromatic rings. The highest BCUT2D eigenvalue weighted by Gasteiger charge is 2.40. The van der Waals surface area contributed by atoms with Crippen LogP contribution >= 0.6 is 11.6 Å². The van der Waals surface area contributed by atoms with E-state index in [9.17, 15) is 14.4 Å². The van der Waals surface area contributed by atoms with E-state index in [0.29, 0.717) is 29.2 Å². The van der Waals surface area contributed by atoms with E-state index in [0.717, 1.165) is 16.0 Å². The van der Waals surface area contributed by atoms with Gasteiger partial charge >= 0.3 is 0 Å². The van der Waals surface area contributed by atoms with Crippen molar-refractivity contribution < 1.29 is 19.1 Å². The first-order chi connectivity index (χ1) is 16.4. The first-order valence-corrected chi connectivity index (χ1v) is 10.9. The highest BCUT2D eigenvalue weighted by Crippen LogP contribution is 2.36. The van der Waals surface area contributed by atoms with E-state index in [4.69, 9.17) is 16.3 Å². The monoisotopic (exact) mass is 475 g/mol. The van der Waals surface area contributed by atoms with Crippen molar-refractivity contribution in [2.24, 2.45) is 0 Å². The highest BCUT2D eigenvalue weighted by molar-refractivity contribution is 6.53. The number of halogens is 1. The first-order valence-electron chi connectivity index (χ1n) is 10.5. The molecule has 7 nitrogen and oxygen atoms in total. The Morgan fingerprint density at radius 2 is 1.68 bits per heavy atom. The third-order valence-electron chi connectivity index (χ3n) is 5.31. The molecular formula is C26H22ClN3O4. The first kappa shape index (κ1) is 23.1. The van der Waals surface area contributed by atoms with Crippen LogP contribution in [-0.2, 0) is 16.1 Å². The van der Waals surface area contributed by atoms with Crippen molar-refractivity contribution in [1.82, 2.24) is 5.32 Å². The van der Waals surface area contributed by atoms with Gasteiger partial charge in [-0.05, 0) is 54.4 Å². The molecule has 172 valence electrons. The minimum atomic E-state index is -0.644. The number of anilines is 2. The topological polar surface area (TPSA) is 87.7 Å². The smallest absolute Gasteiger partial charge is 0.283 e. The normalized spacial score (nSPS) is 13.3. The number of aryl methyl sites for hydroxylation is 1. The number of methoxy groups -OCH3 is 1. The summed E-state index contributed by atoms with van der Waals surface area (Å²) in [5, 5.41) is 5.55. The predicted octanol–water partition coefficient (Wildman–Crippen LogP) is 4.37. The number of amides is 3. The number of nitrogens with zero attached hydrogens (tertiary/aromatic N) is 1. The van der Waals surface area contributed by atoms with Gasteiger partial charge in [-0.25, -0.2) is 4.90 Å². The largest absolute Gasteiger partial charge is 0.495 e. The van der Waals surface area contributed by atoms with Gasteiger partial charge in [0.15, 0.2) is 0 Å². The molecule has 0 bridgehead atoms. The molecule has 4 rings (SSSR count). The molecule has 1 aliphatic rings. The minimum Gasteiger partial charge on any atom is -0.495 e. The van der Waals surface area contributed by atoms with Gasteiger partial charge in [-0.3, -0.25) is 14.4 Å². The van der Waals surface area contributed by atoms with Crippen LogP contribution in [-0.4, -0.2) is 24.8 Å². The quantitative estimate of drug-likeness (QED) is 0.495. The van der Waals surface area contributed by atoms with Gasteiger partial charge in [0.05, 0.1) is 12.8 Å².